The molecule has 0 aromatic heterocycles. The number of carbonyl (C=O) groups excluding carboxylic acids is 1. The predicted octanol–water partition coefficient (Wildman–Crippen LogP) is 0.215. The fraction of sp³-hybridized carbons (Fsp3) is 0.875. The number of likely N-dealkylation sites (N-methyl/N-ethyl adjacent to an activating group) is 1. The van der Waals surface area contributed by atoms with E-state index in [9.17, 15) is 4.79 Å². The molecular weight excluding hydrogens is 140 g/mol. The van der Waals surface area contributed by atoms with E-state index in [1.165, 1.54) is 0 Å². The average Bonchev–Trinajstić information content (AvgIpc) is 2.00. The minimum Gasteiger partial charge on any atom is -0.350 e. The highest BCUT2D eigenvalue weighted by Gasteiger charge is 2.38. The zero-order valence-corrected chi connectivity index (χ0v) is 7.42. The van der Waals surface area contributed by atoms with Crippen LogP contribution in [0, 0.1) is 0 Å². The highest BCUT2D eigenvalue weighted by molar-refractivity contribution is 5.89. The molecule has 1 saturated heterocycles. The SMILES string of the molecule is CCN(CC)[C@H]1C(=O)N[C@H]1C. The molecule has 3 nitrogen and oxygen atoms in total. The number of nitrogens with one attached hydrogen (secondary N) is 1. The third kappa shape index (κ3) is 1.38. The van der Waals surface area contributed by atoms with E-state index in [1.54, 1.807) is 0 Å². The van der Waals surface area contributed by atoms with Gasteiger partial charge in [0.1, 0.15) is 6.04 Å². The summed E-state index contributed by atoms with van der Waals surface area (Å²) in [5, 5.41) is 2.82. The van der Waals surface area contributed by atoms with E-state index in [0.717, 1.165) is 13.1 Å². The molecule has 0 saturated carbocycles. The molecular formula is C8H16N2O. The van der Waals surface area contributed by atoms with Gasteiger partial charge in [0.25, 0.3) is 0 Å². The highest BCUT2D eigenvalue weighted by atomic mass is 16.2. The second-order valence-electron chi connectivity index (χ2n) is 2.96. The summed E-state index contributed by atoms with van der Waals surface area (Å²) in [4.78, 5) is 13.2. The number of rotatable bonds is 3. The highest BCUT2D eigenvalue weighted by Crippen LogP contribution is 2.12. The zero-order chi connectivity index (χ0) is 8.43. The second-order valence-corrected chi connectivity index (χ2v) is 2.96. The van der Waals surface area contributed by atoms with Gasteiger partial charge in [-0.05, 0) is 20.0 Å². The number of nitrogens with zero attached hydrogens (tertiary/aromatic N) is 1. The zero-order valence-electron chi connectivity index (χ0n) is 7.42. The van der Waals surface area contributed by atoms with Crippen LogP contribution in [-0.4, -0.2) is 36.0 Å². The lowest BCUT2D eigenvalue weighted by Crippen LogP contribution is -2.67. The van der Waals surface area contributed by atoms with Crippen LogP contribution >= 0.6 is 0 Å². The molecule has 1 aliphatic rings. The maximum absolute atomic E-state index is 11.0. The molecule has 64 valence electrons. The van der Waals surface area contributed by atoms with Gasteiger partial charge >= 0.3 is 0 Å². The average molecular weight is 156 g/mol. The van der Waals surface area contributed by atoms with Crippen LogP contribution in [0.25, 0.3) is 0 Å². The molecule has 1 rings (SSSR count). The maximum atomic E-state index is 11.0. The summed E-state index contributed by atoms with van der Waals surface area (Å²) in [5.41, 5.74) is 0. The van der Waals surface area contributed by atoms with Gasteiger partial charge in [0, 0.05) is 0 Å². The van der Waals surface area contributed by atoms with Crippen LogP contribution < -0.4 is 5.32 Å². The van der Waals surface area contributed by atoms with E-state index in [0.29, 0.717) is 6.04 Å². The van der Waals surface area contributed by atoms with Crippen LogP contribution in [0.15, 0.2) is 0 Å². The Hall–Kier alpha value is -0.570. The van der Waals surface area contributed by atoms with Crippen molar-refractivity contribution in [2.45, 2.75) is 32.9 Å². The number of β-lactam (4-membered cyclic amide) rings is 1. The Morgan fingerprint density at radius 3 is 2.18 bits per heavy atom. The van der Waals surface area contributed by atoms with Crippen molar-refractivity contribution in [3.8, 4) is 0 Å². The molecule has 1 heterocycles. The van der Waals surface area contributed by atoms with Crippen LogP contribution in [0.2, 0.25) is 0 Å². The largest absolute Gasteiger partial charge is 0.350 e. The van der Waals surface area contributed by atoms with Gasteiger partial charge in [-0.1, -0.05) is 13.8 Å². The first-order chi connectivity index (χ1) is 5.20. The van der Waals surface area contributed by atoms with Gasteiger partial charge in [-0.25, -0.2) is 0 Å². The predicted molar refractivity (Wildman–Crippen MR) is 44.3 cm³/mol. The summed E-state index contributed by atoms with van der Waals surface area (Å²) >= 11 is 0. The summed E-state index contributed by atoms with van der Waals surface area (Å²) in [6, 6.07) is 0.465. The molecule has 0 unspecified atom stereocenters. The molecule has 0 aromatic rings. The molecule has 11 heavy (non-hydrogen) atoms. The summed E-state index contributed by atoms with van der Waals surface area (Å²) < 4.78 is 0. The third-order valence-electron chi connectivity index (χ3n) is 2.32. The fourth-order valence-corrected chi connectivity index (χ4v) is 1.62. The van der Waals surface area contributed by atoms with Crippen LogP contribution in [0.4, 0.5) is 0 Å². The second kappa shape index (κ2) is 3.22. The van der Waals surface area contributed by atoms with E-state index in [2.05, 4.69) is 24.1 Å². The van der Waals surface area contributed by atoms with E-state index in [1.807, 2.05) is 6.92 Å². The van der Waals surface area contributed by atoms with Crippen molar-refractivity contribution < 1.29 is 4.79 Å². The van der Waals surface area contributed by atoms with Gasteiger partial charge in [0.2, 0.25) is 5.91 Å². The first kappa shape index (κ1) is 8.53. The molecule has 1 amide bonds. The van der Waals surface area contributed by atoms with Crippen LogP contribution in [-0.2, 0) is 4.79 Å². The Bertz CT molecular complexity index is 154. The summed E-state index contributed by atoms with van der Waals surface area (Å²) in [6.45, 7) is 8.13. The smallest absolute Gasteiger partial charge is 0.239 e. The molecule has 0 spiro atoms. The Balaban J connectivity index is 2.50. The summed E-state index contributed by atoms with van der Waals surface area (Å²) in [6.07, 6.45) is 0. The first-order valence-corrected chi connectivity index (χ1v) is 4.25. The third-order valence-corrected chi connectivity index (χ3v) is 2.32. The normalized spacial score (nSPS) is 30.0. The van der Waals surface area contributed by atoms with Crippen LogP contribution in [0.1, 0.15) is 20.8 Å². The Morgan fingerprint density at radius 1 is 1.45 bits per heavy atom. The van der Waals surface area contributed by atoms with E-state index in [-0.39, 0.29) is 11.9 Å². The number of hydrogen-bond acceptors (Lipinski definition) is 2. The van der Waals surface area contributed by atoms with Crippen molar-refractivity contribution in [3.63, 3.8) is 0 Å². The number of hydrogen-bond donors (Lipinski definition) is 1. The Kier molecular flexibility index (Phi) is 2.49. The van der Waals surface area contributed by atoms with Crippen LogP contribution in [0.5, 0.6) is 0 Å². The number of carbonyl (C=O) groups is 1. The minimum absolute atomic E-state index is 0.130. The molecule has 3 heteroatoms. The first-order valence-electron chi connectivity index (χ1n) is 4.25. The topological polar surface area (TPSA) is 32.3 Å². The Labute approximate surface area is 67.8 Å². The van der Waals surface area contributed by atoms with E-state index in [4.69, 9.17) is 0 Å². The van der Waals surface area contributed by atoms with Crippen molar-refractivity contribution in [2.24, 2.45) is 0 Å². The molecule has 0 radical (unpaired) electrons. The molecule has 1 fully saturated rings. The van der Waals surface area contributed by atoms with Crippen molar-refractivity contribution in [2.75, 3.05) is 13.1 Å². The minimum atomic E-state index is 0.130. The van der Waals surface area contributed by atoms with Crippen molar-refractivity contribution in [1.82, 2.24) is 10.2 Å². The monoisotopic (exact) mass is 156 g/mol. The van der Waals surface area contributed by atoms with Gasteiger partial charge in [-0.15, -0.1) is 0 Å². The molecule has 2 atom stereocenters. The van der Waals surface area contributed by atoms with Crippen LogP contribution in [0.3, 0.4) is 0 Å². The molecule has 0 aliphatic carbocycles. The Morgan fingerprint density at radius 2 is 2.00 bits per heavy atom. The summed E-state index contributed by atoms with van der Waals surface area (Å²) in [7, 11) is 0. The van der Waals surface area contributed by atoms with Gasteiger partial charge in [0.15, 0.2) is 0 Å². The summed E-state index contributed by atoms with van der Waals surface area (Å²) in [5.74, 6) is 0.182. The van der Waals surface area contributed by atoms with Gasteiger partial charge in [0.05, 0.1) is 6.04 Å². The molecule has 1 N–H and O–H groups in total. The van der Waals surface area contributed by atoms with Crippen molar-refractivity contribution >= 4 is 5.91 Å². The fourth-order valence-electron chi connectivity index (χ4n) is 1.62. The molecule has 0 aromatic carbocycles. The van der Waals surface area contributed by atoms with Crippen molar-refractivity contribution in [1.29, 1.82) is 0 Å². The lowest BCUT2D eigenvalue weighted by molar-refractivity contribution is -0.136. The van der Waals surface area contributed by atoms with Gasteiger partial charge in [-0.2, -0.15) is 0 Å². The standard InChI is InChI=1S/C8H16N2O/c1-4-10(5-2)7-6(3)9-8(7)11/h6-7H,4-5H2,1-3H3,(H,9,11)/t6-,7+/m0/s1. The molecule has 0 bridgehead atoms. The molecule has 1 aliphatic heterocycles. The van der Waals surface area contributed by atoms with Gasteiger partial charge in [-0.3, -0.25) is 9.69 Å². The quantitative estimate of drug-likeness (QED) is 0.593. The maximum Gasteiger partial charge on any atom is 0.239 e. The van der Waals surface area contributed by atoms with E-state index >= 15 is 0 Å². The van der Waals surface area contributed by atoms with Crippen molar-refractivity contribution in [3.05, 3.63) is 0 Å². The lowest BCUT2D eigenvalue weighted by Gasteiger charge is -2.41. The van der Waals surface area contributed by atoms with E-state index < -0.39 is 0 Å². The number of amides is 1. The van der Waals surface area contributed by atoms with Gasteiger partial charge < -0.3 is 5.32 Å². The lowest BCUT2D eigenvalue weighted by atomic mass is 9.99.